The number of carboxylic acid groups (broad SMARTS) is 1. The molecule has 0 aliphatic carbocycles. The number of H-pyrrole nitrogens is 1. The Labute approximate surface area is 302 Å². The molecule has 2 saturated heterocycles. The SMILES string of the molecule is CC(C)(O/N=C(\C(=O)C[C@@H]1C(=O)N2C(c3nn[nH]n3)=C(C[N+]3(C)CCN(C(=O)c4ccc(O)c(O)c4Cl)CC3)CS[C@H]12)c1nsc(N)n1)C(=O)O. The predicted molar refractivity (Wildman–Crippen MR) is 182 cm³/mol. The fourth-order valence-corrected chi connectivity index (χ4v) is 7.99. The number of halogens is 1. The van der Waals surface area contributed by atoms with E-state index in [4.69, 9.17) is 22.2 Å². The first-order valence-electron chi connectivity index (χ1n) is 15.5. The maximum absolute atomic E-state index is 13.8. The summed E-state index contributed by atoms with van der Waals surface area (Å²) >= 11 is 8.45. The Hall–Kier alpha value is -4.86. The number of carbonyl (C=O) groups is 4. The Kier molecular flexibility index (Phi) is 9.65. The number of nitrogen functional groups attached to an aromatic ring is 1. The maximum Gasteiger partial charge on any atom is 0.350 e. The molecule has 1 aromatic carbocycles. The van der Waals surface area contributed by atoms with Crippen molar-refractivity contribution < 1.29 is 43.8 Å². The van der Waals surface area contributed by atoms with Crippen LogP contribution < -0.4 is 5.73 Å². The number of β-lactam (4-membered cyclic amide) rings is 1. The van der Waals surface area contributed by atoms with Gasteiger partial charge in [-0.2, -0.15) is 14.6 Å². The smallest absolute Gasteiger partial charge is 0.350 e. The standard InChI is InChI=1S/C29H32ClN11O8S2/c1-29(2,27(47)48)49-35-19(22-32-28(31)51-36-22)17(43)10-15-25(46)40-20(23-33-37-38-34-23)13(12-50-26(15)40)11-41(3)8-6-39(7-9-41)24(45)14-4-5-16(42)21(44)18(14)30/h4-5,15,26H,6-12H2,1-3H3,(H5-,31,32,33,34,35,36,37,38,42,43,44,45,47,48)/p+1/t15-,26-/m1/s1. The molecule has 3 aromatic rings. The number of benzene rings is 1. The van der Waals surface area contributed by atoms with Crippen molar-refractivity contribution in [2.75, 3.05) is 51.3 Å². The molecule has 5 heterocycles. The van der Waals surface area contributed by atoms with Crippen LogP contribution >= 0.6 is 34.9 Å². The molecule has 2 atom stereocenters. The van der Waals surface area contributed by atoms with Crippen LogP contribution in [-0.4, -0.2) is 145 Å². The molecule has 2 fully saturated rings. The largest absolute Gasteiger partial charge is 0.504 e. The lowest BCUT2D eigenvalue weighted by Crippen LogP contribution is -2.62. The van der Waals surface area contributed by atoms with Gasteiger partial charge in [0.25, 0.3) is 5.91 Å². The number of phenolic OH excluding ortho intramolecular Hbond substituents is 2. The molecule has 19 nitrogen and oxygen atoms in total. The Balaban J connectivity index is 1.18. The van der Waals surface area contributed by atoms with Crippen molar-refractivity contribution in [3.63, 3.8) is 0 Å². The van der Waals surface area contributed by atoms with Crippen molar-refractivity contribution in [3.05, 3.63) is 39.9 Å². The molecule has 22 heteroatoms. The van der Waals surface area contributed by atoms with Gasteiger partial charge in [0, 0.05) is 29.3 Å². The van der Waals surface area contributed by atoms with Crippen LogP contribution in [0.15, 0.2) is 22.9 Å². The van der Waals surface area contributed by atoms with Gasteiger partial charge in [-0.05, 0) is 31.2 Å². The molecule has 0 unspecified atom stereocenters. The van der Waals surface area contributed by atoms with Gasteiger partial charge in [0.15, 0.2) is 28.1 Å². The van der Waals surface area contributed by atoms with Crippen molar-refractivity contribution >= 4 is 75.0 Å². The summed E-state index contributed by atoms with van der Waals surface area (Å²) in [6, 6.07) is 2.59. The van der Waals surface area contributed by atoms with Gasteiger partial charge in [-0.3, -0.25) is 19.3 Å². The Morgan fingerprint density at radius 2 is 1.96 bits per heavy atom. The van der Waals surface area contributed by atoms with Gasteiger partial charge in [-0.15, -0.1) is 22.0 Å². The number of aliphatic carboxylic acids is 1. The number of hydrogen-bond acceptors (Lipinski definition) is 16. The number of amides is 2. The number of fused-ring (bicyclic) bond motifs is 1. The average Bonchev–Trinajstić information content (AvgIpc) is 3.78. The number of piperazine rings is 1. The molecular weight excluding hydrogens is 730 g/mol. The summed E-state index contributed by atoms with van der Waals surface area (Å²) in [7, 11) is 2.05. The van der Waals surface area contributed by atoms with Gasteiger partial charge in [-0.25, -0.2) is 4.79 Å². The number of carboxylic acids is 1. The molecular formula is C29H33ClN11O8S2+. The number of nitrogens with zero attached hydrogens (tertiary/aromatic N) is 9. The van der Waals surface area contributed by atoms with E-state index >= 15 is 0 Å². The van der Waals surface area contributed by atoms with Crippen LogP contribution in [-0.2, 0) is 19.2 Å². The van der Waals surface area contributed by atoms with E-state index in [9.17, 15) is 34.5 Å². The van der Waals surface area contributed by atoms with E-state index in [1.807, 2.05) is 7.05 Å². The van der Waals surface area contributed by atoms with Gasteiger partial charge in [0.2, 0.25) is 23.2 Å². The monoisotopic (exact) mass is 762 g/mol. The number of oxime groups is 1. The van der Waals surface area contributed by atoms with Crippen LogP contribution in [0.2, 0.25) is 5.02 Å². The molecule has 51 heavy (non-hydrogen) atoms. The number of rotatable bonds is 11. The number of likely N-dealkylation sites (N-methyl/N-ethyl adjacent to an activating group) is 1. The Morgan fingerprint density at radius 3 is 2.59 bits per heavy atom. The third kappa shape index (κ3) is 6.93. The highest BCUT2D eigenvalue weighted by Crippen LogP contribution is 2.48. The van der Waals surface area contributed by atoms with Gasteiger partial charge in [-0.1, -0.05) is 16.8 Å². The third-order valence-electron chi connectivity index (χ3n) is 8.92. The van der Waals surface area contributed by atoms with Crippen molar-refractivity contribution in [3.8, 4) is 11.5 Å². The number of aromatic hydroxyl groups is 2. The predicted octanol–water partition coefficient (Wildman–Crippen LogP) is 0.786. The van der Waals surface area contributed by atoms with Crippen molar-refractivity contribution in [1.29, 1.82) is 0 Å². The molecule has 0 saturated carbocycles. The van der Waals surface area contributed by atoms with E-state index in [2.05, 4.69) is 35.1 Å². The number of aromatic amines is 1. The number of nitrogens with two attached hydrogens (primary N) is 1. The van der Waals surface area contributed by atoms with Crippen LogP contribution in [0.5, 0.6) is 11.5 Å². The Morgan fingerprint density at radius 1 is 1.24 bits per heavy atom. The number of phenols is 2. The van der Waals surface area contributed by atoms with Crippen molar-refractivity contribution in [1.82, 2.24) is 39.8 Å². The molecule has 6 N–H and O–H groups in total. The van der Waals surface area contributed by atoms with Crippen LogP contribution in [0.25, 0.3) is 5.70 Å². The second-order valence-corrected chi connectivity index (χ2v) is 15.2. The van der Waals surface area contributed by atoms with Crippen LogP contribution in [0.3, 0.4) is 0 Å². The number of hydrogen-bond donors (Lipinski definition) is 5. The minimum Gasteiger partial charge on any atom is -0.504 e. The van der Waals surface area contributed by atoms with Crippen molar-refractivity contribution in [2.45, 2.75) is 31.2 Å². The minimum atomic E-state index is -1.76. The van der Waals surface area contributed by atoms with E-state index in [0.717, 1.165) is 17.1 Å². The van der Waals surface area contributed by atoms with Crippen LogP contribution in [0, 0.1) is 5.92 Å². The molecule has 0 spiro atoms. The quantitative estimate of drug-likeness (QED) is 0.0594. The van der Waals surface area contributed by atoms with Crippen LogP contribution in [0.4, 0.5) is 5.13 Å². The fourth-order valence-electron chi connectivity index (χ4n) is 5.92. The summed E-state index contributed by atoms with van der Waals surface area (Å²) in [5.74, 6) is -3.80. The number of anilines is 1. The van der Waals surface area contributed by atoms with Gasteiger partial charge < -0.3 is 35.3 Å². The lowest BCUT2D eigenvalue weighted by atomic mass is 9.89. The zero-order chi connectivity index (χ0) is 36.8. The van der Waals surface area contributed by atoms with E-state index < -0.39 is 40.1 Å². The lowest BCUT2D eigenvalue weighted by Gasteiger charge is -2.51. The molecule has 6 rings (SSSR count). The first kappa shape index (κ1) is 35.9. The first-order chi connectivity index (χ1) is 24.1. The second-order valence-electron chi connectivity index (χ2n) is 12.9. The topological polar surface area (TPSA) is 263 Å². The average molecular weight is 763 g/mol. The summed E-state index contributed by atoms with van der Waals surface area (Å²) in [6.07, 6.45) is -0.281. The van der Waals surface area contributed by atoms with Crippen LogP contribution in [0.1, 0.15) is 42.3 Å². The molecule has 270 valence electrons. The van der Waals surface area contributed by atoms with Crippen molar-refractivity contribution in [2.24, 2.45) is 11.1 Å². The highest BCUT2D eigenvalue weighted by molar-refractivity contribution is 8.00. The van der Waals surface area contributed by atoms with Gasteiger partial charge >= 0.3 is 5.97 Å². The van der Waals surface area contributed by atoms with Gasteiger partial charge in [0.05, 0.1) is 60.8 Å². The van der Waals surface area contributed by atoms with Gasteiger partial charge in [0.1, 0.15) is 6.54 Å². The normalized spacial score (nSPS) is 20.5. The highest BCUT2D eigenvalue weighted by Gasteiger charge is 2.54. The number of tetrazole rings is 1. The molecule has 3 aliphatic heterocycles. The molecule has 2 aromatic heterocycles. The summed E-state index contributed by atoms with van der Waals surface area (Å²) in [6.45, 7) is 4.93. The number of thioether (sulfide) groups is 1. The number of carbonyl (C=O) groups excluding carboxylic acids is 3. The molecule has 0 radical (unpaired) electrons. The summed E-state index contributed by atoms with van der Waals surface area (Å²) in [5.41, 5.74) is 5.09. The van der Waals surface area contributed by atoms with E-state index in [1.165, 1.54) is 37.7 Å². The van der Waals surface area contributed by atoms with E-state index in [0.29, 0.717) is 48.7 Å². The molecule has 2 amide bonds. The summed E-state index contributed by atoms with van der Waals surface area (Å²) in [5, 5.41) is 46.8. The summed E-state index contributed by atoms with van der Waals surface area (Å²) in [4.78, 5) is 64.6. The zero-order valence-electron chi connectivity index (χ0n) is 27.4. The number of Topliss-reactive ketones (excluding diaryl/α,β-unsaturated/α-hetero) is 1. The maximum atomic E-state index is 13.8. The number of quaternary nitrogens is 1. The first-order valence-corrected chi connectivity index (χ1v) is 17.7. The number of ketones is 1. The zero-order valence-corrected chi connectivity index (χ0v) is 29.8. The number of aromatic nitrogens is 6. The second kappa shape index (κ2) is 13.7. The minimum absolute atomic E-state index is 0.0607. The molecule has 0 bridgehead atoms. The van der Waals surface area contributed by atoms with E-state index in [-0.39, 0.29) is 51.3 Å². The number of nitrogens with one attached hydrogen (secondary N) is 1. The Bertz CT molecular complexity index is 1960. The lowest BCUT2D eigenvalue weighted by molar-refractivity contribution is -0.908. The fraction of sp³-hybridized carbons (Fsp3) is 0.448. The highest BCUT2D eigenvalue weighted by atomic mass is 35.5. The van der Waals surface area contributed by atoms with E-state index in [1.54, 1.807) is 9.80 Å². The summed E-state index contributed by atoms with van der Waals surface area (Å²) < 4.78 is 4.56. The molecule has 3 aliphatic rings. The third-order valence-corrected chi connectivity index (χ3v) is 11.2.